The van der Waals surface area contributed by atoms with E-state index in [0.29, 0.717) is 22.4 Å². The predicted octanol–water partition coefficient (Wildman–Crippen LogP) is 4.58. The minimum Gasteiger partial charge on any atom is -0.497 e. The summed E-state index contributed by atoms with van der Waals surface area (Å²) >= 11 is 7.75. The zero-order chi connectivity index (χ0) is 26.4. The van der Waals surface area contributed by atoms with Crippen molar-refractivity contribution < 1.29 is 22.7 Å². The third-order valence-electron chi connectivity index (χ3n) is 6.45. The fourth-order valence-corrected chi connectivity index (χ4v) is 6.79. The molecular weight excluding hydrogens is 534 g/mol. The fourth-order valence-electron chi connectivity index (χ4n) is 4.26. The molecule has 0 aliphatic carbocycles. The highest BCUT2D eigenvalue weighted by atomic mass is 35.5. The smallest absolute Gasteiger partial charge is 0.228 e. The van der Waals surface area contributed by atoms with E-state index in [0.717, 1.165) is 55.0 Å². The number of fused-ring (bicyclic) bond motifs is 1. The number of halogens is 1. The molecule has 11 heteroatoms. The second-order valence-electron chi connectivity index (χ2n) is 8.97. The minimum atomic E-state index is -3.51. The van der Waals surface area contributed by atoms with Crippen LogP contribution in [0, 0.1) is 6.92 Å². The molecule has 0 bridgehead atoms. The molecule has 1 fully saturated rings. The van der Waals surface area contributed by atoms with E-state index in [4.69, 9.17) is 26.1 Å². The Morgan fingerprint density at radius 3 is 2.59 bits per heavy atom. The van der Waals surface area contributed by atoms with Crippen LogP contribution in [0.5, 0.6) is 5.75 Å². The molecule has 37 heavy (non-hydrogen) atoms. The molecule has 8 nitrogen and oxygen atoms in total. The van der Waals surface area contributed by atoms with Gasteiger partial charge in [-0.15, -0.1) is 0 Å². The van der Waals surface area contributed by atoms with Gasteiger partial charge < -0.3 is 9.47 Å². The number of nitrogens with zero attached hydrogens (tertiary/aromatic N) is 3. The minimum absolute atomic E-state index is 0.110. The summed E-state index contributed by atoms with van der Waals surface area (Å²) in [6, 6.07) is 10.1. The molecule has 0 spiro atoms. The Morgan fingerprint density at radius 1 is 1.16 bits per heavy atom. The third-order valence-corrected chi connectivity index (χ3v) is 9.72. The normalized spacial score (nSPS) is 14.7. The predicted molar refractivity (Wildman–Crippen MR) is 148 cm³/mol. The molecule has 0 N–H and O–H groups in total. The number of hydrogen-bond donors (Lipinski definition) is 0. The first-order valence-electron chi connectivity index (χ1n) is 12.3. The number of hydrogen-bond acceptors (Lipinski definition) is 8. The van der Waals surface area contributed by atoms with Gasteiger partial charge in [-0.3, -0.25) is 14.6 Å². The molecule has 4 rings (SSSR count). The van der Waals surface area contributed by atoms with Crippen LogP contribution in [0.15, 0.2) is 41.3 Å². The maximum Gasteiger partial charge on any atom is 0.228 e. The number of carbonyl (C=O) groups is 1. The quantitative estimate of drug-likeness (QED) is 0.336. The lowest BCUT2D eigenvalue weighted by Gasteiger charge is -2.27. The van der Waals surface area contributed by atoms with Crippen LogP contribution >= 0.6 is 22.9 Å². The summed E-state index contributed by atoms with van der Waals surface area (Å²) in [5.74, 6) is 0.352. The van der Waals surface area contributed by atoms with Crippen molar-refractivity contribution >= 4 is 54.0 Å². The van der Waals surface area contributed by atoms with Gasteiger partial charge in [-0.05, 0) is 61.7 Å². The highest BCUT2D eigenvalue weighted by Crippen LogP contribution is 2.34. The number of benzene rings is 2. The summed E-state index contributed by atoms with van der Waals surface area (Å²) < 4.78 is 37.1. The first-order valence-corrected chi connectivity index (χ1v) is 15.2. The van der Waals surface area contributed by atoms with Crippen molar-refractivity contribution in [1.82, 2.24) is 9.88 Å². The van der Waals surface area contributed by atoms with Crippen LogP contribution in [-0.4, -0.2) is 76.5 Å². The monoisotopic (exact) mass is 565 g/mol. The van der Waals surface area contributed by atoms with E-state index in [1.807, 2.05) is 19.1 Å². The van der Waals surface area contributed by atoms with Gasteiger partial charge in [0, 0.05) is 37.6 Å². The van der Waals surface area contributed by atoms with Crippen LogP contribution in [0.1, 0.15) is 24.8 Å². The molecule has 0 atom stereocenters. The topological polar surface area (TPSA) is 89.0 Å². The van der Waals surface area contributed by atoms with Gasteiger partial charge in [-0.1, -0.05) is 22.9 Å². The Hall–Kier alpha value is -2.24. The molecule has 0 saturated carbocycles. The SMILES string of the molecule is COc1ccc(S(=O)(=O)CCCC(=O)N(CCCN2CCOCC2)c2nc3c(C)c(Cl)ccc3s2)cc1. The van der Waals surface area contributed by atoms with Gasteiger partial charge >= 0.3 is 0 Å². The second-order valence-corrected chi connectivity index (χ2v) is 12.5. The Morgan fingerprint density at radius 2 is 1.89 bits per heavy atom. The largest absolute Gasteiger partial charge is 0.497 e. The number of ether oxygens (including phenoxy) is 2. The number of aryl methyl sites for hydroxylation is 1. The molecule has 2 aromatic carbocycles. The second kappa shape index (κ2) is 12.5. The number of morpholine rings is 1. The van der Waals surface area contributed by atoms with Crippen molar-refractivity contribution in [2.75, 3.05) is 57.2 Å². The first-order chi connectivity index (χ1) is 17.8. The summed E-state index contributed by atoms with van der Waals surface area (Å²) in [6.07, 6.45) is 1.12. The highest BCUT2D eigenvalue weighted by Gasteiger charge is 2.23. The number of sulfone groups is 1. The molecule has 3 aromatic rings. The Kier molecular flexibility index (Phi) is 9.41. The van der Waals surface area contributed by atoms with Crippen LogP contribution in [0.3, 0.4) is 0 Å². The van der Waals surface area contributed by atoms with Crippen LogP contribution in [0.25, 0.3) is 10.2 Å². The van der Waals surface area contributed by atoms with Crippen molar-refractivity contribution in [1.29, 1.82) is 0 Å². The molecule has 1 aliphatic rings. The van der Waals surface area contributed by atoms with E-state index in [1.165, 1.54) is 30.6 Å². The van der Waals surface area contributed by atoms with Gasteiger partial charge in [0.2, 0.25) is 5.91 Å². The van der Waals surface area contributed by atoms with Gasteiger partial charge in [-0.2, -0.15) is 0 Å². The molecule has 0 unspecified atom stereocenters. The average Bonchev–Trinajstić information content (AvgIpc) is 3.34. The summed E-state index contributed by atoms with van der Waals surface area (Å²) in [4.78, 5) is 22.4. The van der Waals surface area contributed by atoms with E-state index in [-0.39, 0.29) is 29.4 Å². The summed E-state index contributed by atoms with van der Waals surface area (Å²) in [6.45, 7) is 6.50. The number of aromatic nitrogens is 1. The molecule has 1 aliphatic heterocycles. The highest BCUT2D eigenvalue weighted by molar-refractivity contribution is 7.91. The fraction of sp³-hybridized carbons (Fsp3) is 0.462. The lowest BCUT2D eigenvalue weighted by molar-refractivity contribution is -0.118. The maximum absolute atomic E-state index is 13.4. The van der Waals surface area contributed by atoms with Crippen molar-refractivity contribution in [2.45, 2.75) is 31.1 Å². The average molecular weight is 566 g/mol. The van der Waals surface area contributed by atoms with Gasteiger partial charge in [0.15, 0.2) is 15.0 Å². The zero-order valence-electron chi connectivity index (χ0n) is 21.1. The van der Waals surface area contributed by atoms with Crippen LogP contribution in [0.4, 0.5) is 5.13 Å². The van der Waals surface area contributed by atoms with Crippen LogP contribution in [0.2, 0.25) is 5.02 Å². The van der Waals surface area contributed by atoms with Crippen molar-refractivity contribution in [3.8, 4) is 5.75 Å². The number of methoxy groups -OCH3 is 1. The van der Waals surface area contributed by atoms with E-state index in [9.17, 15) is 13.2 Å². The number of carbonyl (C=O) groups excluding carboxylic acids is 1. The first kappa shape index (κ1) is 27.8. The number of rotatable bonds is 11. The van der Waals surface area contributed by atoms with Crippen LogP contribution in [-0.2, 0) is 19.4 Å². The lowest BCUT2D eigenvalue weighted by atomic mass is 10.2. The summed E-state index contributed by atoms with van der Waals surface area (Å²) in [7, 11) is -1.98. The van der Waals surface area contributed by atoms with E-state index < -0.39 is 9.84 Å². The maximum atomic E-state index is 13.4. The Bertz CT molecular complexity index is 1320. The van der Waals surface area contributed by atoms with Gasteiger partial charge in [0.05, 0.1) is 41.2 Å². The third kappa shape index (κ3) is 7.00. The van der Waals surface area contributed by atoms with Gasteiger partial charge in [0.25, 0.3) is 0 Å². The van der Waals surface area contributed by atoms with E-state index in [2.05, 4.69) is 4.90 Å². The summed E-state index contributed by atoms with van der Waals surface area (Å²) in [5.41, 5.74) is 1.67. The molecule has 1 amide bonds. The number of thiazole rings is 1. The lowest BCUT2D eigenvalue weighted by Crippen LogP contribution is -2.39. The molecule has 0 radical (unpaired) electrons. The number of anilines is 1. The molecule has 200 valence electrons. The van der Waals surface area contributed by atoms with E-state index in [1.54, 1.807) is 17.0 Å². The molecule has 2 heterocycles. The van der Waals surface area contributed by atoms with Gasteiger partial charge in [-0.25, -0.2) is 13.4 Å². The van der Waals surface area contributed by atoms with Crippen molar-refractivity contribution in [3.05, 3.63) is 47.0 Å². The van der Waals surface area contributed by atoms with Gasteiger partial charge in [0.1, 0.15) is 5.75 Å². The van der Waals surface area contributed by atoms with Crippen molar-refractivity contribution in [3.63, 3.8) is 0 Å². The Balaban J connectivity index is 1.44. The standard InChI is InChI=1S/C26H32ClN3O5S2/c1-19-22(27)10-11-23-25(19)28-26(36-23)30(13-4-12-29-14-16-35-17-15-29)24(31)5-3-18-37(32,33)21-8-6-20(34-2)7-9-21/h6-11H,3-5,12-18H2,1-2H3. The molecule has 1 aromatic heterocycles. The zero-order valence-corrected chi connectivity index (χ0v) is 23.5. The number of amides is 1. The summed E-state index contributed by atoms with van der Waals surface area (Å²) in [5, 5.41) is 1.25. The Labute approximate surface area is 227 Å². The van der Waals surface area contributed by atoms with E-state index >= 15 is 0 Å². The van der Waals surface area contributed by atoms with Crippen LogP contribution < -0.4 is 9.64 Å². The van der Waals surface area contributed by atoms with Crippen molar-refractivity contribution in [2.24, 2.45) is 0 Å². The molecular formula is C26H32ClN3O5S2. The molecule has 1 saturated heterocycles.